The Kier molecular flexibility index (Phi) is 6.07. The predicted octanol–water partition coefficient (Wildman–Crippen LogP) is 2.25. The molecule has 0 bridgehead atoms. The molecule has 2 rings (SSSR count). The Hall–Kier alpha value is -0.370. The third-order valence-corrected chi connectivity index (χ3v) is 7.36. The minimum atomic E-state index is -3.42. The molecular weight excluding hydrogens is 312 g/mol. The quantitative estimate of drug-likeness (QED) is 0.837. The normalized spacial score (nSPS) is 19.8. The van der Waals surface area contributed by atoms with Crippen molar-refractivity contribution in [3.63, 3.8) is 0 Å². The molecule has 2 N–H and O–H groups in total. The predicted molar refractivity (Wildman–Crippen MR) is 89.4 cm³/mol. The Morgan fingerprint density at radius 1 is 1.30 bits per heavy atom. The molecule has 20 heavy (non-hydrogen) atoms. The van der Waals surface area contributed by atoms with Crippen LogP contribution in [0.4, 0.5) is 5.69 Å². The fourth-order valence-corrected chi connectivity index (χ4v) is 5.83. The molecule has 1 aromatic carbocycles. The van der Waals surface area contributed by atoms with Gasteiger partial charge in [-0.15, -0.1) is 0 Å². The lowest BCUT2D eigenvalue weighted by molar-refractivity contribution is 0.584. The molecule has 0 saturated carbocycles. The van der Waals surface area contributed by atoms with Crippen molar-refractivity contribution in [1.29, 1.82) is 0 Å². The molecule has 1 unspecified atom stereocenters. The molecule has 1 heterocycles. The van der Waals surface area contributed by atoms with E-state index in [1.54, 1.807) is 19.1 Å². The van der Waals surface area contributed by atoms with Gasteiger partial charge < -0.3 is 5.32 Å². The molecule has 0 amide bonds. The Morgan fingerprint density at radius 2 is 2.10 bits per heavy atom. The molecule has 0 spiro atoms. The summed E-state index contributed by atoms with van der Waals surface area (Å²) < 4.78 is 26.8. The maximum absolute atomic E-state index is 12.1. The number of hydrogen-bond donors (Lipinski definition) is 2. The van der Waals surface area contributed by atoms with Crippen LogP contribution in [0, 0.1) is 0 Å². The van der Waals surface area contributed by atoms with Gasteiger partial charge >= 0.3 is 0 Å². The van der Waals surface area contributed by atoms with Gasteiger partial charge in [0.05, 0.1) is 5.69 Å². The summed E-state index contributed by atoms with van der Waals surface area (Å²) in [6.45, 7) is 2.98. The summed E-state index contributed by atoms with van der Waals surface area (Å²) in [5.74, 6) is 3.51. The van der Waals surface area contributed by atoms with Crippen LogP contribution < -0.4 is 10.0 Å². The van der Waals surface area contributed by atoms with E-state index in [-0.39, 0.29) is 0 Å². The van der Waals surface area contributed by atoms with E-state index in [0.717, 1.165) is 12.3 Å². The van der Waals surface area contributed by atoms with E-state index in [0.29, 0.717) is 22.4 Å². The van der Waals surface area contributed by atoms with Gasteiger partial charge in [-0.25, -0.2) is 13.1 Å². The Balaban J connectivity index is 2.07. The molecule has 7 heteroatoms. The fraction of sp³-hybridized carbons (Fsp3) is 0.538. The third-order valence-electron chi connectivity index (χ3n) is 2.92. The van der Waals surface area contributed by atoms with Gasteiger partial charge in [0.25, 0.3) is 0 Å². The number of thioether (sulfide) groups is 2. The first-order chi connectivity index (χ1) is 9.63. The van der Waals surface area contributed by atoms with Gasteiger partial charge in [-0.05, 0) is 12.1 Å². The van der Waals surface area contributed by atoms with Gasteiger partial charge in [0.15, 0.2) is 0 Å². The maximum Gasteiger partial charge on any atom is 0.242 e. The minimum Gasteiger partial charge on any atom is -0.383 e. The Bertz CT molecular complexity index is 528. The van der Waals surface area contributed by atoms with Gasteiger partial charge in [-0.3, -0.25) is 0 Å². The molecule has 1 atom stereocenters. The summed E-state index contributed by atoms with van der Waals surface area (Å²) in [7, 11) is -3.42. The van der Waals surface area contributed by atoms with Crippen LogP contribution in [0.1, 0.15) is 6.92 Å². The molecule has 0 radical (unpaired) electrons. The van der Waals surface area contributed by atoms with Crippen molar-refractivity contribution >= 4 is 39.2 Å². The lowest BCUT2D eigenvalue weighted by Gasteiger charge is -2.22. The van der Waals surface area contributed by atoms with E-state index in [9.17, 15) is 8.42 Å². The fourth-order valence-electron chi connectivity index (χ4n) is 1.99. The Labute approximate surface area is 129 Å². The van der Waals surface area contributed by atoms with Crippen LogP contribution in [0.3, 0.4) is 0 Å². The van der Waals surface area contributed by atoms with Gasteiger partial charge in [0.1, 0.15) is 4.90 Å². The van der Waals surface area contributed by atoms with E-state index in [4.69, 9.17) is 0 Å². The highest BCUT2D eigenvalue weighted by Gasteiger charge is 2.19. The average molecular weight is 333 g/mol. The number of nitrogens with one attached hydrogen (secondary N) is 2. The molecule has 0 aromatic heterocycles. The molecule has 1 saturated heterocycles. The molecular formula is C13H20N2O2S3. The van der Waals surface area contributed by atoms with E-state index >= 15 is 0 Å². The topological polar surface area (TPSA) is 58.2 Å². The summed E-state index contributed by atoms with van der Waals surface area (Å²) in [5, 5.41) is 3.84. The number of sulfonamides is 1. The third kappa shape index (κ3) is 4.31. The van der Waals surface area contributed by atoms with E-state index in [2.05, 4.69) is 10.0 Å². The summed E-state index contributed by atoms with van der Waals surface area (Å²) in [6.07, 6.45) is 0. The highest BCUT2D eigenvalue weighted by Crippen LogP contribution is 2.26. The summed E-state index contributed by atoms with van der Waals surface area (Å²) in [6, 6.07) is 7.07. The molecule has 1 aromatic rings. The monoisotopic (exact) mass is 332 g/mol. The van der Waals surface area contributed by atoms with Crippen molar-refractivity contribution in [2.45, 2.75) is 17.1 Å². The second-order valence-electron chi connectivity index (χ2n) is 4.45. The van der Waals surface area contributed by atoms with E-state index in [1.807, 2.05) is 35.7 Å². The number of hydrogen-bond acceptors (Lipinski definition) is 5. The largest absolute Gasteiger partial charge is 0.383 e. The maximum atomic E-state index is 12.1. The number of rotatable bonds is 6. The highest BCUT2D eigenvalue weighted by molar-refractivity contribution is 8.06. The SMILES string of the molecule is CCNS(=O)(=O)c1ccccc1NCC1CSCCS1. The van der Waals surface area contributed by atoms with Crippen molar-refractivity contribution in [3.05, 3.63) is 24.3 Å². The van der Waals surface area contributed by atoms with Gasteiger partial charge in [-0.1, -0.05) is 19.1 Å². The van der Waals surface area contributed by atoms with Crippen molar-refractivity contribution in [2.75, 3.05) is 35.7 Å². The van der Waals surface area contributed by atoms with Crippen LogP contribution in [-0.4, -0.2) is 44.0 Å². The zero-order chi connectivity index (χ0) is 14.4. The first kappa shape index (κ1) is 16.0. The first-order valence-electron chi connectivity index (χ1n) is 6.65. The second-order valence-corrected chi connectivity index (χ2v) is 8.74. The van der Waals surface area contributed by atoms with Crippen molar-refractivity contribution < 1.29 is 8.42 Å². The zero-order valence-electron chi connectivity index (χ0n) is 11.5. The summed E-state index contributed by atoms with van der Waals surface area (Å²) >= 11 is 3.92. The average Bonchev–Trinajstić information content (AvgIpc) is 2.46. The molecule has 0 aliphatic carbocycles. The molecule has 1 aliphatic heterocycles. The molecule has 1 aliphatic rings. The number of anilines is 1. The van der Waals surface area contributed by atoms with Crippen molar-refractivity contribution in [2.24, 2.45) is 0 Å². The zero-order valence-corrected chi connectivity index (χ0v) is 13.9. The highest BCUT2D eigenvalue weighted by atomic mass is 32.2. The van der Waals surface area contributed by atoms with Crippen LogP contribution in [0.5, 0.6) is 0 Å². The van der Waals surface area contributed by atoms with Crippen LogP contribution in [0.25, 0.3) is 0 Å². The molecule has 112 valence electrons. The first-order valence-corrected chi connectivity index (χ1v) is 10.3. The minimum absolute atomic E-state index is 0.329. The molecule has 1 fully saturated rings. The van der Waals surface area contributed by atoms with E-state index < -0.39 is 10.0 Å². The van der Waals surface area contributed by atoms with Crippen molar-refractivity contribution in [1.82, 2.24) is 4.72 Å². The van der Waals surface area contributed by atoms with E-state index in [1.165, 1.54) is 11.5 Å². The standard InChI is InChI=1S/C13H20N2O2S3/c1-2-15-20(16,17)13-6-4-3-5-12(13)14-9-11-10-18-7-8-19-11/h3-6,11,14-15H,2,7-10H2,1H3. The van der Waals surface area contributed by atoms with Gasteiger partial charge in [0.2, 0.25) is 10.0 Å². The summed E-state index contributed by atoms with van der Waals surface area (Å²) in [4.78, 5) is 0.329. The number of para-hydroxylation sites is 1. The number of benzene rings is 1. The smallest absolute Gasteiger partial charge is 0.242 e. The second kappa shape index (κ2) is 7.59. The van der Waals surface area contributed by atoms with Crippen LogP contribution in [0.2, 0.25) is 0 Å². The lowest BCUT2D eigenvalue weighted by Crippen LogP contribution is -2.26. The summed E-state index contributed by atoms with van der Waals surface area (Å²) in [5.41, 5.74) is 0.685. The van der Waals surface area contributed by atoms with Crippen LogP contribution >= 0.6 is 23.5 Å². The van der Waals surface area contributed by atoms with Gasteiger partial charge in [0, 0.05) is 35.6 Å². The van der Waals surface area contributed by atoms with Crippen LogP contribution in [0.15, 0.2) is 29.2 Å². The van der Waals surface area contributed by atoms with Crippen LogP contribution in [-0.2, 0) is 10.0 Å². The van der Waals surface area contributed by atoms with Gasteiger partial charge in [-0.2, -0.15) is 23.5 Å². The molecule has 4 nitrogen and oxygen atoms in total. The Morgan fingerprint density at radius 3 is 2.80 bits per heavy atom. The lowest BCUT2D eigenvalue weighted by atomic mass is 10.3. The van der Waals surface area contributed by atoms with Crippen molar-refractivity contribution in [3.8, 4) is 0 Å².